The molecular weight excluding hydrogens is 409 g/mol. The molecule has 1 aromatic carbocycles. The van der Waals surface area contributed by atoms with Crippen LogP contribution in [0.2, 0.25) is 0 Å². The van der Waals surface area contributed by atoms with E-state index in [2.05, 4.69) is 37.6 Å². The summed E-state index contributed by atoms with van der Waals surface area (Å²) in [6, 6.07) is 10.8. The molecule has 3 N–H and O–H groups in total. The van der Waals surface area contributed by atoms with Crippen molar-refractivity contribution in [2.75, 3.05) is 26.2 Å². The third-order valence-electron chi connectivity index (χ3n) is 5.48. The molecule has 8 nitrogen and oxygen atoms in total. The van der Waals surface area contributed by atoms with Crippen LogP contribution < -0.4 is 10.6 Å². The van der Waals surface area contributed by atoms with Crippen LogP contribution in [0.1, 0.15) is 31.2 Å². The van der Waals surface area contributed by atoms with Gasteiger partial charge in [-0.25, -0.2) is 9.37 Å². The van der Waals surface area contributed by atoms with Crippen LogP contribution in [-0.4, -0.2) is 58.3 Å². The lowest BCUT2D eigenvalue weighted by atomic mass is 10.0. The highest BCUT2D eigenvalue weighted by Gasteiger charge is 2.20. The van der Waals surface area contributed by atoms with Gasteiger partial charge in [-0.3, -0.25) is 15.0 Å². The number of hydrogen-bond donors (Lipinski definition) is 3. The number of aromatic amines is 1. The fourth-order valence-electron chi connectivity index (χ4n) is 3.79. The Balaban J connectivity index is 1.23. The van der Waals surface area contributed by atoms with E-state index < -0.39 is 0 Å². The van der Waals surface area contributed by atoms with E-state index in [0.717, 1.165) is 56.4 Å². The third-order valence-corrected chi connectivity index (χ3v) is 5.48. The lowest BCUT2D eigenvalue weighted by molar-refractivity contribution is 0.198. The maximum Gasteiger partial charge on any atom is 0.216 e. The van der Waals surface area contributed by atoms with Gasteiger partial charge in [-0.1, -0.05) is 12.1 Å². The first-order chi connectivity index (χ1) is 15.7. The number of benzene rings is 1. The Bertz CT molecular complexity index is 976. The number of halogens is 1. The summed E-state index contributed by atoms with van der Waals surface area (Å²) < 4.78 is 18.4. The molecule has 0 amide bonds. The van der Waals surface area contributed by atoms with Gasteiger partial charge in [0.05, 0.1) is 6.26 Å². The second kappa shape index (κ2) is 10.9. The fourth-order valence-corrected chi connectivity index (χ4v) is 3.79. The van der Waals surface area contributed by atoms with Crippen molar-refractivity contribution in [1.82, 2.24) is 30.7 Å². The zero-order chi connectivity index (χ0) is 22.2. The third kappa shape index (κ3) is 6.16. The van der Waals surface area contributed by atoms with E-state index in [1.165, 1.54) is 12.1 Å². The largest absolute Gasteiger partial charge is 0.461 e. The van der Waals surface area contributed by atoms with Gasteiger partial charge in [-0.05, 0) is 49.6 Å². The zero-order valence-corrected chi connectivity index (χ0v) is 18.4. The van der Waals surface area contributed by atoms with E-state index in [-0.39, 0.29) is 5.82 Å². The van der Waals surface area contributed by atoms with E-state index in [1.807, 2.05) is 24.3 Å². The molecule has 0 saturated carbocycles. The number of nitrogens with zero attached hydrogens (tertiary/aromatic N) is 4. The summed E-state index contributed by atoms with van der Waals surface area (Å²) >= 11 is 0. The number of nitrogens with one attached hydrogen (secondary N) is 3. The molecule has 1 aliphatic rings. The fraction of sp³-hybridized carbons (Fsp3) is 0.435. The van der Waals surface area contributed by atoms with E-state index in [4.69, 9.17) is 9.41 Å². The molecule has 32 heavy (non-hydrogen) atoms. The molecule has 1 fully saturated rings. The van der Waals surface area contributed by atoms with Crippen LogP contribution in [0.5, 0.6) is 0 Å². The van der Waals surface area contributed by atoms with Crippen molar-refractivity contribution in [3.8, 4) is 11.6 Å². The molecule has 0 atom stereocenters. The number of piperidine rings is 1. The maximum atomic E-state index is 13.1. The van der Waals surface area contributed by atoms with Crippen LogP contribution in [0.4, 0.5) is 4.39 Å². The molecule has 3 heterocycles. The Morgan fingerprint density at radius 2 is 2.06 bits per heavy atom. The minimum Gasteiger partial charge on any atom is -0.461 e. The lowest BCUT2D eigenvalue weighted by Gasteiger charge is -2.33. The first-order valence-electron chi connectivity index (χ1n) is 11.2. The molecular formula is C23H30FN7O. The molecule has 3 aromatic rings. The van der Waals surface area contributed by atoms with Crippen LogP contribution in [0.3, 0.4) is 0 Å². The Kier molecular flexibility index (Phi) is 7.50. The highest BCUT2D eigenvalue weighted by Crippen LogP contribution is 2.15. The topological polar surface area (TPSA) is 94.4 Å². The molecule has 0 radical (unpaired) electrons. The number of hydrogen-bond acceptors (Lipinski definition) is 5. The van der Waals surface area contributed by atoms with Crippen LogP contribution in [0, 0.1) is 5.82 Å². The summed E-state index contributed by atoms with van der Waals surface area (Å²) in [5.41, 5.74) is 1.15. The van der Waals surface area contributed by atoms with Crippen LogP contribution in [0.15, 0.2) is 52.1 Å². The predicted molar refractivity (Wildman–Crippen MR) is 122 cm³/mol. The van der Waals surface area contributed by atoms with Gasteiger partial charge in [0.2, 0.25) is 5.82 Å². The molecule has 170 valence electrons. The number of likely N-dealkylation sites (tertiary alicyclic amines) is 1. The van der Waals surface area contributed by atoms with Crippen molar-refractivity contribution in [3.05, 3.63) is 59.9 Å². The van der Waals surface area contributed by atoms with Crippen LogP contribution >= 0.6 is 0 Å². The standard InChI is InChI=1S/C23H30FN7O/c1-2-25-23(26-12-9-21-28-22(30-29-21)20-4-3-15-32-20)27-19-10-13-31(14-11-19)16-17-5-7-18(24)8-6-17/h3-8,15,19H,2,9-14,16H2,1H3,(H2,25,26,27)(H,28,29,30). The number of furan rings is 1. The molecule has 1 saturated heterocycles. The molecule has 0 aliphatic carbocycles. The maximum absolute atomic E-state index is 13.1. The minimum atomic E-state index is -0.187. The van der Waals surface area contributed by atoms with E-state index in [1.54, 1.807) is 6.26 Å². The number of aliphatic imine (C=N–C) groups is 1. The summed E-state index contributed by atoms with van der Waals surface area (Å²) in [5, 5.41) is 14.0. The van der Waals surface area contributed by atoms with Crippen molar-refractivity contribution in [3.63, 3.8) is 0 Å². The molecule has 1 aliphatic heterocycles. The quantitative estimate of drug-likeness (QED) is 0.369. The molecule has 9 heteroatoms. The summed E-state index contributed by atoms with van der Waals surface area (Å²) in [6.45, 7) is 6.34. The predicted octanol–water partition coefficient (Wildman–Crippen LogP) is 2.97. The normalized spacial score (nSPS) is 15.8. The van der Waals surface area contributed by atoms with Gasteiger partial charge >= 0.3 is 0 Å². The SMILES string of the molecule is CCNC(=NCCc1nc(-c2ccco2)n[nH]1)NC1CCN(Cc2ccc(F)cc2)CC1. The van der Waals surface area contributed by atoms with Gasteiger partial charge in [0.25, 0.3) is 0 Å². The molecule has 2 aromatic heterocycles. The average molecular weight is 440 g/mol. The van der Waals surface area contributed by atoms with Gasteiger partial charge in [0.15, 0.2) is 11.7 Å². The molecule has 0 bridgehead atoms. The number of rotatable bonds is 8. The van der Waals surface area contributed by atoms with Crippen molar-refractivity contribution in [1.29, 1.82) is 0 Å². The molecule has 0 spiro atoms. The summed E-state index contributed by atoms with van der Waals surface area (Å²) in [5.74, 6) is 2.64. The average Bonchev–Trinajstić information content (AvgIpc) is 3.49. The zero-order valence-electron chi connectivity index (χ0n) is 18.4. The van der Waals surface area contributed by atoms with Crippen molar-refractivity contribution in [2.45, 2.75) is 38.8 Å². The monoisotopic (exact) mass is 439 g/mol. The van der Waals surface area contributed by atoms with Crippen molar-refractivity contribution >= 4 is 5.96 Å². The Morgan fingerprint density at radius 1 is 1.25 bits per heavy atom. The van der Waals surface area contributed by atoms with Crippen molar-refractivity contribution < 1.29 is 8.81 Å². The second-order valence-electron chi connectivity index (χ2n) is 7.91. The summed E-state index contributed by atoms with van der Waals surface area (Å²) in [4.78, 5) is 11.6. The minimum absolute atomic E-state index is 0.187. The summed E-state index contributed by atoms with van der Waals surface area (Å²) in [6.07, 6.45) is 4.36. The van der Waals surface area contributed by atoms with Gasteiger partial charge in [-0.15, -0.1) is 0 Å². The second-order valence-corrected chi connectivity index (χ2v) is 7.91. The highest BCUT2D eigenvalue weighted by molar-refractivity contribution is 5.80. The smallest absolute Gasteiger partial charge is 0.216 e. The number of H-pyrrole nitrogens is 1. The Labute approximate surface area is 187 Å². The summed E-state index contributed by atoms with van der Waals surface area (Å²) in [7, 11) is 0. The first-order valence-corrected chi connectivity index (χ1v) is 11.2. The Morgan fingerprint density at radius 3 is 2.78 bits per heavy atom. The van der Waals surface area contributed by atoms with Gasteiger partial charge in [0.1, 0.15) is 11.6 Å². The van der Waals surface area contributed by atoms with Crippen LogP contribution in [0.25, 0.3) is 11.6 Å². The molecule has 4 rings (SSSR count). The van der Waals surface area contributed by atoms with Crippen molar-refractivity contribution in [2.24, 2.45) is 4.99 Å². The van der Waals surface area contributed by atoms with E-state index >= 15 is 0 Å². The lowest BCUT2D eigenvalue weighted by Crippen LogP contribution is -2.48. The number of guanidine groups is 1. The van der Waals surface area contributed by atoms with Gasteiger partial charge < -0.3 is 15.1 Å². The van der Waals surface area contributed by atoms with Gasteiger partial charge in [0, 0.05) is 45.2 Å². The van der Waals surface area contributed by atoms with E-state index in [9.17, 15) is 4.39 Å². The number of aromatic nitrogens is 3. The first kappa shape index (κ1) is 22.0. The van der Waals surface area contributed by atoms with Gasteiger partial charge in [-0.2, -0.15) is 5.10 Å². The van der Waals surface area contributed by atoms with E-state index in [0.29, 0.717) is 30.6 Å². The Hall–Kier alpha value is -3.20. The van der Waals surface area contributed by atoms with Crippen LogP contribution in [-0.2, 0) is 13.0 Å². The molecule has 0 unspecified atom stereocenters. The highest BCUT2D eigenvalue weighted by atomic mass is 19.1.